The second-order valence-electron chi connectivity index (χ2n) is 10.0. The van der Waals surface area contributed by atoms with Crippen LogP contribution in [0.15, 0.2) is 126 Å². The molecular weight excluding hydrogens is 530 g/mol. The molecule has 4 aromatic rings. The lowest BCUT2D eigenvalue weighted by Crippen LogP contribution is -2.61. The molecule has 42 heavy (non-hydrogen) atoms. The Bertz CT molecular complexity index is 1370. The van der Waals surface area contributed by atoms with E-state index in [-0.39, 0.29) is 6.54 Å². The average molecular weight is 566 g/mol. The van der Waals surface area contributed by atoms with Crippen LogP contribution in [0.1, 0.15) is 22.3 Å². The van der Waals surface area contributed by atoms with Gasteiger partial charge in [-0.2, -0.15) is 0 Å². The summed E-state index contributed by atoms with van der Waals surface area (Å²) in [7, 11) is 0. The molecule has 4 aromatic carbocycles. The summed E-state index contributed by atoms with van der Waals surface area (Å²) in [4.78, 5) is 2.99. The van der Waals surface area contributed by atoms with E-state index >= 15 is 0 Å². The minimum absolute atomic E-state index is 0.0533. The molecule has 0 radical (unpaired) electrons. The molecule has 0 bridgehead atoms. The van der Waals surface area contributed by atoms with Gasteiger partial charge < -0.3 is 23.7 Å². The van der Waals surface area contributed by atoms with Gasteiger partial charge in [-0.25, -0.2) is 0 Å². The van der Waals surface area contributed by atoms with Crippen molar-refractivity contribution in [2.45, 2.75) is 57.1 Å². The molecule has 1 heterocycles. The van der Waals surface area contributed by atoms with E-state index in [9.17, 15) is 0 Å². The third-order valence-corrected chi connectivity index (χ3v) is 7.03. The van der Waals surface area contributed by atoms with Gasteiger partial charge in [0.2, 0.25) is 0 Å². The standard InChI is InChI=1S/C34H35N3O5/c35-37-36-21-30-31(38-22-26-13-5-1-6-14-26)32(39-23-27-15-7-2-8-16-27)33(40-24-28-17-9-3-10-18-28)34(42-30)41-25-29-19-11-4-12-20-29/h1-20,30-34H,21-25H2/t30-,31-,32+,33+,34+/m1/s1. The van der Waals surface area contributed by atoms with Crippen molar-refractivity contribution >= 4 is 0 Å². The van der Waals surface area contributed by atoms with Crippen LogP contribution >= 0.6 is 0 Å². The zero-order valence-electron chi connectivity index (χ0n) is 23.4. The topological polar surface area (TPSA) is 94.9 Å². The van der Waals surface area contributed by atoms with Crippen molar-refractivity contribution in [1.82, 2.24) is 0 Å². The normalized spacial score (nSPS) is 21.9. The molecule has 216 valence electrons. The third kappa shape index (κ3) is 8.50. The molecule has 8 nitrogen and oxygen atoms in total. The second-order valence-corrected chi connectivity index (χ2v) is 10.0. The highest BCUT2D eigenvalue weighted by atomic mass is 16.7. The lowest BCUT2D eigenvalue weighted by molar-refractivity contribution is -0.323. The smallest absolute Gasteiger partial charge is 0.187 e. The maximum atomic E-state index is 9.16. The Morgan fingerprint density at radius 3 is 1.33 bits per heavy atom. The maximum Gasteiger partial charge on any atom is 0.187 e. The fraction of sp³-hybridized carbons (Fsp3) is 0.294. The van der Waals surface area contributed by atoms with Crippen LogP contribution < -0.4 is 0 Å². The molecule has 8 heteroatoms. The van der Waals surface area contributed by atoms with Crippen LogP contribution in [0.25, 0.3) is 10.4 Å². The van der Waals surface area contributed by atoms with Crippen molar-refractivity contribution in [1.29, 1.82) is 0 Å². The molecule has 0 spiro atoms. The van der Waals surface area contributed by atoms with Gasteiger partial charge >= 0.3 is 0 Å². The molecule has 5 atom stereocenters. The SMILES string of the molecule is [N-]=[N+]=NC[C@H]1O[C@H](OCc2ccccc2)[C@@H](OCc2ccccc2)[C@@H](OCc2ccccc2)[C@@H]1OCc1ccccc1. The molecule has 1 aliphatic rings. The zero-order valence-corrected chi connectivity index (χ0v) is 23.4. The van der Waals surface area contributed by atoms with E-state index in [0.717, 1.165) is 22.3 Å². The molecule has 0 N–H and O–H groups in total. The molecule has 5 rings (SSSR count). The Balaban J connectivity index is 1.45. The largest absolute Gasteiger partial charge is 0.368 e. The van der Waals surface area contributed by atoms with Crippen molar-refractivity contribution in [3.8, 4) is 0 Å². The summed E-state index contributed by atoms with van der Waals surface area (Å²) in [5.41, 5.74) is 13.2. The van der Waals surface area contributed by atoms with Crippen molar-refractivity contribution in [2.75, 3.05) is 6.54 Å². The van der Waals surface area contributed by atoms with Crippen molar-refractivity contribution in [2.24, 2.45) is 5.11 Å². The summed E-state index contributed by atoms with van der Waals surface area (Å²) in [6, 6.07) is 39.7. The summed E-state index contributed by atoms with van der Waals surface area (Å²) in [6.45, 7) is 1.36. The molecule has 1 saturated heterocycles. The summed E-state index contributed by atoms with van der Waals surface area (Å²) >= 11 is 0. The number of benzene rings is 4. The number of hydrogen-bond acceptors (Lipinski definition) is 6. The van der Waals surface area contributed by atoms with Gasteiger partial charge in [0.25, 0.3) is 0 Å². The van der Waals surface area contributed by atoms with E-state index < -0.39 is 30.7 Å². The van der Waals surface area contributed by atoms with E-state index in [2.05, 4.69) is 10.0 Å². The van der Waals surface area contributed by atoms with Crippen LogP contribution in [-0.2, 0) is 50.1 Å². The first-order valence-electron chi connectivity index (χ1n) is 14.1. The first kappa shape index (κ1) is 29.5. The Morgan fingerprint density at radius 1 is 0.524 bits per heavy atom. The highest BCUT2D eigenvalue weighted by molar-refractivity contribution is 5.16. The first-order valence-corrected chi connectivity index (χ1v) is 14.1. The van der Waals surface area contributed by atoms with E-state index in [4.69, 9.17) is 29.2 Å². The van der Waals surface area contributed by atoms with Crippen LogP contribution in [0.5, 0.6) is 0 Å². The van der Waals surface area contributed by atoms with E-state index in [1.807, 2.05) is 121 Å². The highest BCUT2D eigenvalue weighted by Gasteiger charge is 2.48. The quantitative estimate of drug-likeness (QED) is 0.0933. The highest BCUT2D eigenvalue weighted by Crippen LogP contribution is 2.32. The fourth-order valence-electron chi connectivity index (χ4n) is 4.90. The van der Waals surface area contributed by atoms with Crippen LogP contribution in [0.2, 0.25) is 0 Å². The molecule has 0 amide bonds. The van der Waals surface area contributed by atoms with Crippen LogP contribution in [0.4, 0.5) is 0 Å². The van der Waals surface area contributed by atoms with Gasteiger partial charge in [-0.05, 0) is 27.8 Å². The summed E-state index contributed by atoms with van der Waals surface area (Å²) < 4.78 is 32.5. The first-order chi connectivity index (χ1) is 20.8. The molecule has 0 saturated carbocycles. The lowest BCUT2D eigenvalue weighted by Gasteiger charge is -2.45. The van der Waals surface area contributed by atoms with Gasteiger partial charge in [-0.15, -0.1) is 0 Å². The van der Waals surface area contributed by atoms with Gasteiger partial charge in [-0.1, -0.05) is 126 Å². The fourth-order valence-corrected chi connectivity index (χ4v) is 4.90. The van der Waals surface area contributed by atoms with Gasteiger partial charge in [0.1, 0.15) is 18.3 Å². The Morgan fingerprint density at radius 2 is 0.905 bits per heavy atom. The molecule has 0 unspecified atom stereocenters. The summed E-state index contributed by atoms with van der Waals surface area (Å²) in [5.74, 6) is 0. The Hall–Kier alpha value is -4.01. The molecule has 0 aromatic heterocycles. The third-order valence-electron chi connectivity index (χ3n) is 7.03. The average Bonchev–Trinajstić information content (AvgIpc) is 3.06. The van der Waals surface area contributed by atoms with Crippen molar-refractivity contribution in [3.63, 3.8) is 0 Å². The second kappa shape index (κ2) is 15.8. The minimum Gasteiger partial charge on any atom is -0.368 e. The van der Waals surface area contributed by atoms with Crippen molar-refractivity contribution in [3.05, 3.63) is 154 Å². The zero-order chi connectivity index (χ0) is 28.8. The number of hydrogen-bond donors (Lipinski definition) is 0. The number of azide groups is 1. The predicted molar refractivity (Wildman–Crippen MR) is 159 cm³/mol. The summed E-state index contributed by atoms with van der Waals surface area (Å²) in [5, 5.41) is 3.85. The van der Waals surface area contributed by atoms with Crippen LogP contribution in [-0.4, -0.2) is 37.3 Å². The van der Waals surface area contributed by atoms with Crippen LogP contribution in [0, 0.1) is 0 Å². The van der Waals surface area contributed by atoms with Gasteiger partial charge in [0, 0.05) is 4.91 Å². The molecule has 1 aliphatic heterocycles. The molecule has 0 aliphatic carbocycles. The monoisotopic (exact) mass is 565 g/mol. The van der Waals surface area contributed by atoms with E-state index in [0.29, 0.717) is 26.4 Å². The Kier molecular flexibility index (Phi) is 11.1. The van der Waals surface area contributed by atoms with E-state index in [1.165, 1.54) is 0 Å². The Labute approximate surface area is 246 Å². The van der Waals surface area contributed by atoms with Crippen molar-refractivity contribution < 1.29 is 23.7 Å². The van der Waals surface area contributed by atoms with Gasteiger partial charge in [0.05, 0.1) is 39.1 Å². The summed E-state index contributed by atoms with van der Waals surface area (Å²) in [6.07, 6.45) is -3.25. The van der Waals surface area contributed by atoms with Gasteiger partial charge in [0.15, 0.2) is 6.29 Å². The van der Waals surface area contributed by atoms with Crippen LogP contribution in [0.3, 0.4) is 0 Å². The number of nitrogens with zero attached hydrogens (tertiary/aromatic N) is 3. The number of ether oxygens (including phenoxy) is 5. The van der Waals surface area contributed by atoms with E-state index in [1.54, 1.807) is 0 Å². The van der Waals surface area contributed by atoms with Gasteiger partial charge in [-0.3, -0.25) is 0 Å². The molecular formula is C34H35N3O5. The minimum atomic E-state index is -0.801. The lowest BCUT2D eigenvalue weighted by atomic mass is 9.97. The predicted octanol–water partition coefficient (Wildman–Crippen LogP) is 6.99. The number of rotatable bonds is 14. The maximum absolute atomic E-state index is 9.16. The molecule has 1 fully saturated rings.